The zero-order valence-corrected chi connectivity index (χ0v) is 14.6. The monoisotopic (exact) mass is 347 g/mol. The lowest BCUT2D eigenvalue weighted by Gasteiger charge is -2.09. The molecule has 1 fully saturated rings. The molecule has 24 heavy (non-hydrogen) atoms. The second-order valence-corrected chi connectivity index (χ2v) is 6.90. The van der Waals surface area contributed by atoms with Crippen LogP contribution in [-0.2, 0) is 11.4 Å². The Labute approximate surface area is 144 Å². The molecule has 0 saturated heterocycles. The largest absolute Gasteiger partial charge is 0.485 e. The Balaban J connectivity index is 1.54. The number of benzene rings is 1. The van der Waals surface area contributed by atoms with Gasteiger partial charge in [-0.1, -0.05) is 29.5 Å². The van der Waals surface area contributed by atoms with E-state index in [1.807, 2.05) is 26.0 Å². The molecule has 2 aromatic rings. The fourth-order valence-corrected chi connectivity index (χ4v) is 2.92. The minimum atomic E-state index is -0.00131. The number of thioether (sulfide) groups is 1. The van der Waals surface area contributed by atoms with Crippen LogP contribution in [0.4, 0.5) is 0 Å². The Morgan fingerprint density at radius 1 is 1.42 bits per heavy atom. The predicted octanol–water partition coefficient (Wildman–Crippen LogP) is 1.56. The average molecular weight is 347 g/mol. The van der Waals surface area contributed by atoms with Crippen molar-refractivity contribution in [3.63, 3.8) is 0 Å². The van der Waals surface area contributed by atoms with Crippen LogP contribution in [0.1, 0.15) is 29.8 Å². The van der Waals surface area contributed by atoms with Gasteiger partial charge >= 0.3 is 0 Å². The highest BCUT2D eigenvalue weighted by Crippen LogP contribution is 2.21. The maximum atomic E-state index is 11.7. The Morgan fingerprint density at radius 3 is 2.92 bits per heavy atom. The Bertz CT molecular complexity index is 742. The summed E-state index contributed by atoms with van der Waals surface area (Å²) in [4.78, 5) is 11.7. The van der Waals surface area contributed by atoms with Crippen LogP contribution in [0.25, 0.3) is 0 Å². The van der Waals surface area contributed by atoms with Crippen LogP contribution in [0, 0.1) is 13.8 Å². The molecule has 128 valence electrons. The molecule has 3 rings (SSSR count). The summed E-state index contributed by atoms with van der Waals surface area (Å²) in [6.07, 6.45) is 2.15. The van der Waals surface area contributed by atoms with Crippen molar-refractivity contribution in [2.75, 3.05) is 11.6 Å². The summed E-state index contributed by atoms with van der Waals surface area (Å²) in [5, 5.41) is 11.5. The molecule has 0 spiro atoms. The van der Waals surface area contributed by atoms with E-state index < -0.39 is 0 Å². The quantitative estimate of drug-likeness (QED) is 0.583. The van der Waals surface area contributed by atoms with E-state index in [0.717, 1.165) is 24.2 Å². The van der Waals surface area contributed by atoms with Crippen molar-refractivity contribution < 1.29 is 9.53 Å². The van der Waals surface area contributed by atoms with Crippen molar-refractivity contribution in [1.82, 2.24) is 20.2 Å². The second-order valence-electron chi connectivity index (χ2n) is 5.96. The summed E-state index contributed by atoms with van der Waals surface area (Å²) in [5.41, 5.74) is 2.24. The van der Waals surface area contributed by atoms with Gasteiger partial charge in [0.1, 0.15) is 12.4 Å². The number of carbonyl (C=O) groups is 1. The van der Waals surface area contributed by atoms with Gasteiger partial charge in [0.05, 0.1) is 5.75 Å². The van der Waals surface area contributed by atoms with Crippen molar-refractivity contribution in [3.8, 4) is 5.75 Å². The number of aryl methyl sites for hydroxylation is 2. The summed E-state index contributed by atoms with van der Waals surface area (Å²) >= 11 is 1.27. The van der Waals surface area contributed by atoms with Crippen molar-refractivity contribution in [1.29, 1.82) is 0 Å². The Morgan fingerprint density at radius 2 is 2.21 bits per heavy atom. The van der Waals surface area contributed by atoms with Crippen molar-refractivity contribution in [2.45, 2.75) is 44.5 Å². The lowest BCUT2D eigenvalue weighted by atomic mass is 10.1. The summed E-state index contributed by atoms with van der Waals surface area (Å²) in [6.45, 7) is 4.26. The maximum absolute atomic E-state index is 11.7. The number of hydrogen-bond acceptors (Lipinski definition) is 6. The molecular weight excluding hydrogens is 326 g/mol. The topological polar surface area (TPSA) is 95.1 Å². The van der Waals surface area contributed by atoms with Crippen LogP contribution in [0.3, 0.4) is 0 Å². The summed E-state index contributed by atoms with van der Waals surface area (Å²) in [5.74, 6) is 7.58. The highest BCUT2D eigenvalue weighted by atomic mass is 32.2. The first-order valence-corrected chi connectivity index (χ1v) is 8.83. The van der Waals surface area contributed by atoms with E-state index in [4.69, 9.17) is 10.6 Å². The normalized spacial score (nSPS) is 13.8. The molecule has 7 nitrogen and oxygen atoms in total. The molecule has 0 atom stereocenters. The highest BCUT2D eigenvalue weighted by Gasteiger charge is 2.23. The van der Waals surface area contributed by atoms with Crippen LogP contribution in [0.15, 0.2) is 23.4 Å². The van der Waals surface area contributed by atoms with Gasteiger partial charge in [0.25, 0.3) is 0 Å². The number of nitrogens with zero attached hydrogens (tertiary/aromatic N) is 3. The molecule has 3 N–H and O–H groups in total. The first-order valence-electron chi connectivity index (χ1n) is 7.84. The molecule has 1 aliphatic carbocycles. The van der Waals surface area contributed by atoms with E-state index in [-0.39, 0.29) is 18.3 Å². The molecule has 0 radical (unpaired) electrons. The maximum Gasteiger partial charge on any atom is 0.230 e. The third-order valence-corrected chi connectivity index (χ3v) is 4.64. The van der Waals surface area contributed by atoms with Crippen LogP contribution < -0.4 is 15.9 Å². The molecule has 8 heteroatoms. The highest BCUT2D eigenvalue weighted by molar-refractivity contribution is 7.99. The summed E-state index contributed by atoms with van der Waals surface area (Å²) < 4.78 is 7.14. The first-order chi connectivity index (χ1) is 11.5. The van der Waals surface area contributed by atoms with Crippen LogP contribution in [0.2, 0.25) is 0 Å². The molecular formula is C16H21N5O2S. The van der Waals surface area contributed by atoms with E-state index in [2.05, 4.69) is 21.6 Å². The Kier molecular flexibility index (Phi) is 4.94. The molecule has 0 unspecified atom stereocenters. The van der Waals surface area contributed by atoms with Gasteiger partial charge in [-0.25, -0.2) is 4.68 Å². The number of nitrogens with two attached hydrogens (primary N) is 1. The van der Waals surface area contributed by atoms with Gasteiger partial charge in [-0.3, -0.25) is 4.79 Å². The van der Waals surface area contributed by atoms with Crippen molar-refractivity contribution >= 4 is 17.7 Å². The minimum Gasteiger partial charge on any atom is -0.485 e. The second kappa shape index (κ2) is 7.12. The fourth-order valence-electron chi connectivity index (χ4n) is 2.23. The number of amides is 1. The molecule has 1 saturated carbocycles. The molecule has 1 amide bonds. The van der Waals surface area contributed by atoms with Gasteiger partial charge in [-0.05, 0) is 38.3 Å². The standard InChI is InChI=1S/C16H21N5O2S/c1-10-3-6-13(11(2)7-10)23-8-14-19-20-16(21(14)17)24-9-15(22)18-12-4-5-12/h3,6-7,12H,4-5,8-9,17H2,1-2H3,(H,18,22). The molecule has 1 aromatic heterocycles. The van der Waals surface area contributed by atoms with Crippen LogP contribution >= 0.6 is 11.8 Å². The van der Waals surface area contributed by atoms with Crippen LogP contribution in [-0.4, -0.2) is 32.6 Å². The number of hydrogen-bond donors (Lipinski definition) is 2. The van der Waals surface area contributed by atoms with Crippen LogP contribution in [0.5, 0.6) is 5.75 Å². The van der Waals surface area contributed by atoms with E-state index in [9.17, 15) is 4.79 Å². The van der Waals surface area contributed by atoms with E-state index in [0.29, 0.717) is 17.0 Å². The third kappa shape index (κ3) is 4.19. The van der Waals surface area contributed by atoms with Gasteiger partial charge in [-0.15, -0.1) is 10.2 Å². The molecule has 1 aromatic carbocycles. The van der Waals surface area contributed by atoms with E-state index >= 15 is 0 Å². The number of nitrogens with one attached hydrogen (secondary N) is 1. The molecule has 0 bridgehead atoms. The number of rotatable bonds is 7. The first kappa shape index (κ1) is 16.6. The summed E-state index contributed by atoms with van der Waals surface area (Å²) in [7, 11) is 0. The fraction of sp³-hybridized carbons (Fsp3) is 0.438. The number of ether oxygens (including phenoxy) is 1. The van der Waals surface area contributed by atoms with Crippen molar-refractivity contribution in [2.24, 2.45) is 0 Å². The zero-order chi connectivity index (χ0) is 17.1. The van der Waals surface area contributed by atoms with Crippen molar-refractivity contribution in [3.05, 3.63) is 35.2 Å². The average Bonchev–Trinajstić information content (AvgIpc) is 3.28. The third-order valence-electron chi connectivity index (χ3n) is 3.70. The molecule has 0 aliphatic heterocycles. The van der Waals surface area contributed by atoms with Gasteiger partial charge < -0.3 is 15.9 Å². The smallest absolute Gasteiger partial charge is 0.230 e. The van der Waals surface area contributed by atoms with E-state index in [1.165, 1.54) is 22.0 Å². The zero-order valence-electron chi connectivity index (χ0n) is 13.8. The molecule has 1 heterocycles. The number of nitrogen functional groups attached to an aromatic ring is 1. The SMILES string of the molecule is Cc1ccc(OCc2nnc(SCC(=O)NC3CC3)n2N)c(C)c1. The predicted molar refractivity (Wildman–Crippen MR) is 92.3 cm³/mol. The van der Waals surface area contributed by atoms with Gasteiger partial charge in [0.2, 0.25) is 11.1 Å². The van der Waals surface area contributed by atoms with Gasteiger partial charge in [0, 0.05) is 6.04 Å². The van der Waals surface area contributed by atoms with Gasteiger partial charge in [-0.2, -0.15) is 0 Å². The lowest BCUT2D eigenvalue weighted by molar-refractivity contribution is -0.118. The number of aromatic nitrogens is 3. The number of carbonyl (C=O) groups excluding carboxylic acids is 1. The van der Waals surface area contributed by atoms with Gasteiger partial charge in [0.15, 0.2) is 5.82 Å². The Hall–Kier alpha value is -2.22. The van der Waals surface area contributed by atoms with E-state index in [1.54, 1.807) is 0 Å². The summed E-state index contributed by atoms with van der Waals surface area (Å²) in [6, 6.07) is 6.34. The minimum absolute atomic E-state index is 0.00131. The lowest BCUT2D eigenvalue weighted by Crippen LogP contribution is -2.27. The molecule has 1 aliphatic rings.